The number of fused-ring (bicyclic) bond motifs is 1. The highest BCUT2D eigenvalue weighted by atomic mass is 32.2. The van der Waals surface area contributed by atoms with Gasteiger partial charge in [-0.2, -0.15) is 0 Å². The molecule has 0 spiro atoms. The minimum absolute atomic E-state index is 0.140. The van der Waals surface area contributed by atoms with Gasteiger partial charge < -0.3 is 29.4 Å². The molecule has 11 nitrogen and oxygen atoms in total. The quantitative estimate of drug-likeness (QED) is 0.261. The average Bonchev–Trinajstić information content (AvgIpc) is 3.61. The van der Waals surface area contributed by atoms with Crippen LogP contribution in [0, 0.1) is 0 Å². The Labute approximate surface area is 234 Å². The summed E-state index contributed by atoms with van der Waals surface area (Å²) < 4.78 is 17.4. The van der Waals surface area contributed by atoms with Crippen LogP contribution in [0.2, 0.25) is 0 Å². The van der Waals surface area contributed by atoms with E-state index in [1.54, 1.807) is 43.7 Å². The van der Waals surface area contributed by atoms with Gasteiger partial charge in [-0.15, -0.1) is 21.5 Å². The molecule has 0 unspecified atom stereocenters. The molecule has 13 heteroatoms. The standard InChI is InChI=1S/C26H31N5O6S2/c1-6-37-25(34)21-16-8-7-9-19(16)39-24(21)28-22(32)14(2)38-26-30-29-20(31(26)3)13-27-23(33)15-10-11-17(35-4)18(12-15)36-5/h10-12,14H,6-9,13H2,1-5H3,(H,27,33)(H,28,32)/t14-/m1/s1. The van der Waals surface area contributed by atoms with Gasteiger partial charge in [-0.25, -0.2) is 4.79 Å². The van der Waals surface area contributed by atoms with Crippen molar-refractivity contribution < 1.29 is 28.6 Å². The highest BCUT2D eigenvalue weighted by molar-refractivity contribution is 8.00. The van der Waals surface area contributed by atoms with E-state index in [0.29, 0.717) is 38.6 Å². The summed E-state index contributed by atoms with van der Waals surface area (Å²) in [5.74, 6) is 0.551. The first-order chi connectivity index (χ1) is 18.8. The van der Waals surface area contributed by atoms with Gasteiger partial charge in [0.1, 0.15) is 5.00 Å². The fraction of sp³-hybridized carbons (Fsp3) is 0.423. The zero-order chi connectivity index (χ0) is 28.1. The zero-order valence-electron chi connectivity index (χ0n) is 22.5. The van der Waals surface area contributed by atoms with Gasteiger partial charge in [-0.1, -0.05) is 11.8 Å². The Morgan fingerprint density at radius 2 is 1.92 bits per heavy atom. The molecule has 0 aliphatic heterocycles. The highest BCUT2D eigenvalue weighted by Gasteiger charge is 2.29. The lowest BCUT2D eigenvalue weighted by Crippen LogP contribution is -2.25. The van der Waals surface area contributed by atoms with E-state index in [1.807, 2.05) is 0 Å². The van der Waals surface area contributed by atoms with Crippen LogP contribution >= 0.6 is 23.1 Å². The van der Waals surface area contributed by atoms with Crippen molar-refractivity contribution in [1.29, 1.82) is 0 Å². The molecule has 0 bridgehead atoms. The number of thioether (sulfide) groups is 1. The molecule has 2 N–H and O–H groups in total. The number of carbonyl (C=O) groups is 3. The molecule has 0 saturated carbocycles. The molecule has 3 aromatic rings. The minimum atomic E-state index is -0.519. The maximum absolute atomic E-state index is 13.1. The van der Waals surface area contributed by atoms with Crippen molar-refractivity contribution in [3.8, 4) is 11.5 Å². The number of benzene rings is 1. The first-order valence-corrected chi connectivity index (χ1v) is 14.1. The fourth-order valence-electron chi connectivity index (χ4n) is 4.18. The Bertz CT molecular complexity index is 1390. The summed E-state index contributed by atoms with van der Waals surface area (Å²) in [6, 6.07) is 4.91. The molecule has 1 aliphatic carbocycles. The third kappa shape index (κ3) is 6.19. The third-order valence-corrected chi connectivity index (χ3v) is 8.61. The minimum Gasteiger partial charge on any atom is -0.493 e. The zero-order valence-corrected chi connectivity index (χ0v) is 24.1. The van der Waals surface area contributed by atoms with Gasteiger partial charge in [0.25, 0.3) is 5.91 Å². The second-order valence-electron chi connectivity index (χ2n) is 8.74. The second-order valence-corrected chi connectivity index (χ2v) is 11.2. The van der Waals surface area contributed by atoms with Gasteiger partial charge >= 0.3 is 5.97 Å². The van der Waals surface area contributed by atoms with Crippen LogP contribution in [0.15, 0.2) is 23.4 Å². The number of nitrogens with zero attached hydrogens (tertiary/aromatic N) is 3. The van der Waals surface area contributed by atoms with Crippen molar-refractivity contribution in [2.24, 2.45) is 7.05 Å². The topological polar surface area (TPSA) is 134 Å². The number of aryl methyl sites for hydroxylation is 1. The molecule has 4 rings (SSSR count). The number of methoxy groups -OCH3 is 2. The van der Waals surface area contributed by atoms with Gasteiger partial charge in [-0.3, -0.25) is 9.59 Å². The molecular formula is C26H31N5O6S2. The van der Waals surface area contributed by atoms with E-state index in [0.717, 1.165) is 29.7 Å². The molecule has 0 saturated heterocycles. The summed E-state index contributed by atoms with van der Waals surface area (Å²) in [6.07, 6.45) is 2.71. The predicted octanol–water partition coefficient (Wildman–Crippen LogP) is 3.61. The molecule has 1 aliphatic rings. The Kier molecular flexibility index (Phi) is 9.12. The van der Waals surface area contributed by atoms with Crippen LogP contribution in [0.25, 0.3) is 0 Å². The lowest BCUT2D eigenvalue weighted by molar-refractivity contribution is -0.115. The van der Waals surface area contributed by atoms with Gasteiger partial charge in [0, 0.05) is 17.5 Å². The molecule has 2 aromatic heterocycles. The number of hydrogen-bond acceptors (Lipinski definition) is 10. The molecule has 0 radical (unpaired) electrons. The van der Waals surface area contributed by atoms with E-state index in [2.05, 4.69) is 20.8 Å². The Morgan fingerprint density at radius 1 is 1.15 bits per heavy atom. The van der Waals surface area contributed by atoms with Crippen LogP contribution in [-0.4, -0.2) is 58.6 Å². The number of aromatic nitrogens is 3. The van der Waals surface area contributed by atoms with Gasteiger partial charge in [0.05, 0.1) is 38.2 Å². The van der Waals surface area contributed by atoms with E-state index in [4.69, 9.17) is 14.2 Å². The summed E-state index contributed by atoms with van der Waals surface area (Å²) in [7, 11) is 4.80. The molecule has 1 atom stereocenters. The second kappa shape index (κ2) is 12.5. The Morgan fingerprint density at radius 3 is 2.64 bits per heavy atom. The first-order valence-electron chi connectivity index (χ1n) is 12.4. The molecule has 39 heavy (non-hydrogen) atoms. The molecule has 1 aromatic carbocycles. The largest absolute Gasteiger partial charge is 0.493 e. The van der Waals surface area contributed by atoms with Crippen molar-refractivity contribution in [2.45, 2.75) is 50.1 Å². The fourth-order valence-corrected chi connectivity index (χ4v) is 6.29. The van der Waals surface area contributed by atoms with Gasteiger partial charge in [0.15, 0.2) is 22.5 Å². The average molecular weight is 574 g/mol. The number of thiophene rings is 1. The molecule has 208 valence electrons. The normalized spacial score (nSPS) is 12.9. The monoisotopic (exact) mass is 573 g/mol. The van der Waals surface area contributed by atoms with Crippen LogP contribution in [-0.2, 0) is 36.0 Å². The number of hydrogen-bond donors (Lipinski definition) is 2. The van der Waals surface area contributed by atoms with Crippen molar-refractivity contribution in [1.82, 2.24) is 20.1 Å². The maximum Gasteiger partial charge on any atom is 0.341 e. The van der Waals surface area contributed by atoms with E-state index in [9.17, 15) is 14.4 Å². The summed E-state index contributed by atoms with van der Waals surface area (Å²) in [6.45, 7) is 3.94. The number of rotatable bonds is 11. The van der Waals surface area contributed by atoms with Crippen LogP contribution < -0.4 is 20.1 Å². The Balaban J connectivity index is 1.38. The van der Waals surface area contributed by atoms with Crippen molar-refractivity contribution in [3.63, 3.8) is 0 Å². The Hall–Kier alpha value is -3.58. The lowest BCUT2D eigenvalue weighted by atomic mass is 10.1. The SMILES string of the molecule is CCOC(=O)c1c(NC(=O)[C@@H](C)Sc2nnc(CNC(=O)c3ccc(OC)c(OC)c3)n2C)sc2c1CCC2. The number of carbonyl (C=O) groups excluding carboxylic acids is 3. The lowest BCUT2D eigenvalue weighted by Gasteiger charge is -2.13. The van der Waals surface area contributed by atoms with Gasteiger partial charge in [0.2, 0.25) is 5.91 Å². The van der Waals surface area contributed by atoms with Crippen LogP contribution in [0.5, 0.6) is 11.5 Å². The van der Waals surface area contributed by atoms with Crippen LogP contribution in [0.3, 0.4) is 0 Å². The molecular weight excluding hydrogens is 542 g/mol. The predicted molar refractivity (Wildman–Crippen MR) is 148 cm³/mol. The molecule has 2 heterocycles. The first kappa shape index (κ1) is 28.4. The smallest absolute Gasteiger partial charge is 0.341 e. The van der Waals surface area contributed by atoms with E-state index in [-0.39, 0.29) is 25.0 Å². The number of esters is 1. The van der Waals surface area contributed by atoms with Crippen molar-refractivity contribution in [2.75, 3.05) is 26.1 Å². The summed E-state index contributed by atoms with van der Waals surface area (Å²) in [5.41, 5.74) is 1.88. The van der Waals surface area contributed by atoms with Crippen molar-refractivity contribution in [3.05, 3.63) is 45.6 Å². The molecule has 2 amide bonds. The van der Waals surface area contributed by atoms with Crippen LogP contribution in [0.1, 0.15) is 57.2 Å². The summed E-state index contributed by atoms with van der Waals surface area (Å²) in [4.78, 5) is 39.4. The molecule has 0 fully saturated rings. The summed E-state index contributed by atoms with van der Waals surface area (Å²) in [5, 5.41) is 14.6. The summed E-state index contributed by atoms with van der Waals surface area (Å²) >= 11 is 2.68. The number of ether oxygens (including phenoxy) is 3. The van der Waals surface area contributed by atoms with Crippen molar-refractivity contribution >= 4 is 45.9 Å². The number of anilines is 1. The number of nitrogens with one attached hydrogen (secondary N) is 2. The van der Waals surface area contributed by atoms with E-state index < -0.39 is 11.2 Å². The highest BCUT2D eigenvalue weighted by Crippen LogP contribution is 2.40. The van der Waals surface area contributed by atoms with Crippen LogP contribution in [0.4, 0.5) is 5.00 Å². The third-order valence-electron chi connectivity index (χ3n) is 6.27. The van der Waals surface area contributed by atoms with E-state index >= 15 is 0 Å². The number of amides is 2. The van der Waals surface area contributed by atoms with Gasteiger partial charge in [-0.05, 0) is 56.9 Å². The van der Waals surface area contributed by atoms with E-state index in [1.165, 1.54) is 37.3 Å². The maximum atomic E-state index is 13.1.